The maximum atomic E-state index is 12.3. The first-order valence-corrected chi connectivity index (χ1v) is 11.1. The molecule has 4 heterocycles. The first-order chi connectivity index (χ1) is 12.7. The number of nitrogens with zero attached hydrogens (tertiary/aromatic N) is 4. The summed E-state index contributed by atoms with van der Waals surface area (Å²) in [4.78, 5) is 18.0. The molecular formula is C18H25N5OS2. The van der Waals surface area contributed by atoms with Crippen molar-refractivity contribution in [2.45, 2.75) is 45.1 Å². The Hall–Kier alpha value is -1.51. The molecule has 0 spiro atoms. The van der Waals surface area contributed by atoms with Crippen molar-refractivity contribution in [3.63, 3.8) is 0 Å². The lowest BCUT2D eigenvalue weighted by molar-refractivity contribution is 0.103. The molecule has 2 aromatic heterocycles. The van der Waals surface area contributed by atoms with Gasteiger partial charge in [-0.3, -0.25) is 10.1 Å². The van der Waals surface area contributed by atoms with Crippen LogP contribution in [0.25, 0.3) is 0 Å². The molecule has 2 aromatic rings. The normalized spacial score (nSPS) is 19.7. The fraction of sp³-hybridized carbons (Fsp3) is 0.611. The quantitative estimate of drug-likeness (QED) is 0.863. The number of thiophene rings is 1. The zero-order valence-corrected chi connectivity index (χ0v) is 16.7. The number of aromatic nitrogens is 2. The predicted octanol–water partition coefficient (Wildman–Crippen LogP) is 3.62. The number of hydrogen-bond donors (Lipinski definition) is 1. The smallest absolute Gasteiger partial charge is 0.267 e. The van der Waals surface area contributed by atoms with Crippen LogP contribution in [0.1, 0.15) is 47.3 Å². The number of nitrogens with one attached hydrogen (secondary N) is 1. The Bertz CT molecular complexity index is 744. The van der Waals surface area contributed by atoms with Crippen molar-refractivity contribution in [2.75, 3.05) is 36.4 Å². The minimum absolute atomic E-state index is 0.0935. The molecule has 0 unspecified atom stereocenters. The third-order valence-corrected chi connectivity index (χ3v) is 7.26. The summed E-state index contributed by atoms with van der Waals surface area (Å²) >= 11 is 2.93. The van der Waals surface area contributed by atoms with Crippen molar-refractivity contribution in [2.24, 2.45) is 0 Å². The van der Waals surface area contributed by atoms with Crippen LogP contribution >= 0.6 is 22.7 Å². The van der Waals surface area contributed by atoms with E-state index in [9.17, 15) is 4.79 Å². The average molecular weight is 392 g/mol. The van der Waals surface area contributed by atoms with Crippen LogP contribution in [0, 0.1) is 6.92 Å². The van der Waals surface area contributed by atoms with Gasteiger partial charge in [0.05, 0.1) is 4.88 Å². The fourth-order valence-corrected chi connectivity index (χ4v) is 5.47. The van der Waals surface area contributed by atoms with E-state index in [1.807, 2.05) is 18.4 Å². The van der Waals surface area contributed by atoms with E-state index in [4.69, 9.17) is 0 Å². The summed E-state index contributed by atoms with van der Waals surface area (Å²) in [6.07, 6.45) is 6.47. The SMILES string of the molecule is Cc1ccsc1C(=O)Nc1nnc(N2CCC(N3CCCCC3)CC2)s1. The molecular weight excluding hydrogens is 366 g/mol. The van der Waals surface area contributed by atoms with Gasteiger partial charge in [0.1, 0.15) is 0 Å². The number of hydrogen-bond acceptors (Lipinski definition) is 7. The van der Waals surface area contributed by atoms with Crippen LogP contribution < -0.4 is 10.2 Å². The van der Waals surface area contributed by atoms with E-state index in [-0.39, 0.29) is 5.91 Å². The minimum Gasteiger partial charge on any atom is -0.346 e. The molecule has 0 saturated carbocycles. The van der Waals surface area contributed by atoms with E-state index >= 15 is 0 Å². The van der Waals surface area contributed by atoms with Crippen LogP contribution in [-0.2, 0) is 0 Å². The van der Waals surface area contributed by atoms with Gasteiger partial charge >= 0.3 is 0 Å². The highest BCUT2D eigenvalue weighted by atomic mass is 32.1. The Morgan fingerprint density at radius 3 is 2.62 bits per heavy atom. The minimum atomic E-state index is -0.0935. The number of likely N-dealkylation sites (tertiary alicyclic amines) is 1. The molecule has 2 aliphatic rings. The fourth-order valence-electron chi connectivity index (χ4n) is 3.86. The van der Waals surface area contributed by atoms with E-state index in [1.165, 1.54) is 67.9 Å². The number of carbonyl (C=O) groups excluding carboxylic acids is 1. The Morgan fingerprint density at radius 2 is 1.92 bits per heavy atom. The van der Waals surface area contributed by atoms with Crippen LogP contribution in [-0.4, -0.2) is 53.2 Å². The van der Waals surface area contributed by atoms with Crippen molar-refractivity contribution >= 4 is 38.8 Å². The third kappa shape index (κ3) is 3.92. The molecule has 0 atom stereocenters. The van der Waals surface area contributed by atoms with E-state index in [2.05, 4.69) is 25.3 Å². The van der Waals surface area contributed by atoms with Gasteiger partial charge < -0.3 is 9.80 Å². The lowest BCUT2D eigenvalue weighted by Crippen LogP contribution is -2.46. The van der Waals surface area contributed by atoms with Gasteiger partial charge in [0.25, 0.3) is 5.91 Å². The standard InChI is InChI=1S/C18H25N5OS2/c1-13-7-12-25-15(13)16(24)19-17-20-21-18(26-17)23-10-5-14(6-11-23)22-8-3-2-4-9-22/h7,12,14H,2-6,8-11H2,1H3,(H,19,20,24). The number of anilines is 2. The Labute approximate surface area is 162 Å². The monoisotopic (exact) mass is 391 g/mol. The lowest BCUT2D eigenvalue weighted by atomic mass is 10.0. The Morgan fingerprint density at radius 1 is 1.15 bits per heavy atom. The maximum absolute atomic E-state index is 12.3. The molecule has 26 heavy (non-hydrogen) atoms. The van der Waals surface area contributed by atoms with Gasteiger partial charge in [-0.2, -0.15) is 0 Å². The van der Waals surface area contributed by atoms with Crippen LogP contribution in [0.15, 0.2) is 11.4 Å². The lowest BCUT2D eigenvalue weighted by Gasteiger charge is -2.40. The highest BCUT2D eigenvalue weighted by Gasteiger charge is 2.27. The molecule has 4 rings (SSSR count). The molecule has 0 radical (unpaired) electrons. The summed E-state index contributed by atoms with van der Waals surface area (Å²) in [5.74, 6) is -0.0935. The second-order valence-corrected chi connectivity index (χ2v) is 8.96. The van der Waals surface area contributed by atoms with Crippen LogP contribution in [0.3, 0.4) is 0 Å². The average Bonchev–Trinajstić information content (AvgIpc) is 3.31. The Kier molecular flexibility index (Phi) is 5.52. The van der Waals surface area contributed by atoms with Gasteiger partial charge in [0.2, 0.25) is 10.3 Å². The molecule has 6 nitrogen and oxygen atoms in total. The molecule has 2 fully saturated rings. The molecule has 8 heteroatoms. The summed E-state index contributed by atoms with van der Waals surface area (Å²) in [5.41, 5.74) is 0.997. The topological polar surface area (TPSA) is 61.4 Å². The zero-order valence-electron chi connectivity index (χ0n) is 15.1. The van der Waals surface area contributed by atoms with Crippen molar-refractivity contribution in [1.29, 1.82) is 0 Å². The predicted molar refractivity (Wildman–Crippen MR) is 108 cm³/mol. The number of amides is 1. The molecule has 0 aliphatic carbocycles. The van der Waals surface area contributed by atoms with Gasteiger partial charge in [-0.15, -0.1) is 21.5 Å². The molecule has 1 amide bonds. The highest BCUT2D eigenvalue weighted by molar-refractivity contribution is 7.19. The second kappa shape index (κ2) is 8.02. The van der Waals surface area contributed by atoms with Gasteiger partial charge in [0.15, 0.2) is 0 Å². The molecule has 2 saturated heterocycles. The molecule has 140 valence electrons. The molecule has 0 bridgehead atoms. The Balaban J connectivity index is 1.32. The van der Waals surface area contributed by atoms with E-state index in [0.29, 0.717) is 5.13 Å². The first kappa shape index (κ1) is 17.9. The summed E-state index contributed by atoms with van der Waals surface area (Å²) < 4.78 is 0. The van der Waals surface area contributed by atoms with Crippen molar-refractivity contribution < 1.29 is 4.79 Å². The van der Waals surface area contributed by atoms with Crippen LogP contribution in [0.4, 0.5) is 10.3 Å². The van der Waals surface area contributed by atoms with E-state index in [1.54, 1.807) is 0 Å². The number of rotatable bonds is 4. The summed E-state index contributed by atoms with van der Waals surface area (Å²) in [5, 5.41) is 14.8. The summed E-state index contributed by atoms with van der Waals surface area (Å²) in [6.45, 7) is 6.52. The summed E-state index contributed by atoms with van der Waals surface area (Å²) in [6, 6.07) is 2.68. The van der Waals surface area contributed by atoms with E-state index in [0.717, 1.165) is 34.7 Å². The van der Waals surface area contributed by atoms with Crippen LogP contribution in [0.2, 0.25) is 0 Å². The van der Waals surface area contributed by atoms with Crippen molar-refractivity contribution in [3.8, 4) is 0 Å². The second-order valence-electron chi connectivity index (χ2n) is 7.09. The molecule has 2 aliphatic heterocycles. The van der Waals surface area contributed by atoms with Crippen molar-refractivity contribution in [1.82, 2.24) is 15.1 Å². The zero-order chi connectivity index (χ0) is 17.9. The molecule has 0 aromatic carbocycles. The summed E-state index contributed by atoms with van der Waals surface area (Å²) in [7, 11) is 0. The number of piperidine rings is 2. The van der Waals surface area contributed by atoms with Crippen LogP contribution in [0.5, 0.6) is 0 Å². The van der Waals surface area contributed by atoms with E-state index < -0.39 is 0 Å². The van der Waals surface area contributed by atoms with Gasteiger partial charge in [-0.25, -0.2) is 0 Å². The van der Waals surface area contributed by atoms with Gasteiger partial charge in [-0.1, -0.05) is 17.8 Å². The third-order valence-electron chi connectivity index (χ3n) is 5.35. The highest BCUT2D eigenvalue weighted by Crippen LogP contribution is 2.29. The maximum Gasteiger partial charge on any atom is 0.267 e. The van der Waals surface area contributed by atoms with Crippen molar-refractivity contribution in [3.05, 3.63) is 21.9 Å². The van der Waals surface area contributed by atoms with Gasteiger partial charge in [-0.05, 0) is 62.7 Å². The largest absolute Gasteiger partial charge is 0.346 e. The number of carbonyl (C=O) groups is 1. The van der Waals surface area contributed by atoms with Gasteiger partial charge in [0, 0.05) is 19.1 Å². The first-order valence-electron chi connectivity index (χ1n) is 9.38. The molecule has 1 N–H and O–H groups in total. The number of aryl methyl sites for hydroxylation is 1.